The predicted octanol–water partition coefficient (Wildman–Crippen LogP) is 3.58. The third-order valence-electron chi connectivity index (χ3n) is 1.73. The molecule has 2 N–H and O–H groups in total. The molecular weight excluding hydrogens is 296 g/mol. The molecule has 0 aliphatic heterocycles. The average molecular weight is 303 g/mol. The zero-order chi connectivity index (χ0) is 12.3. The monoisotopic (exact) mass is 301 g/mol. The second-order valence-electron chi connectivity index (χ2n) is 2.96. The maximum Gasteiger partial charge on any atom is 0.330 e. The van der Waals surface area contributed by atoms with Crippen molar-refractivity contribution in [3.05, 3.63) is 29.3 Å². The van der Waals surface area contributed by atoms with Gasteiger partial charge in [0.2, 0.25) is 3.79 Å². The van der Waals surface area contributed by atoms with Crippen LogP contribution in [-0.2, 0) is 4.79 Å². The molecule has 0 saturated carbocycles. The van der Waals surface area contributed by atoms with E-state index in [0.717, 1.165) is 0 Å². The van der Waals surface area contributed by atoms with E-state index in [9.17, 15) is 4.79 Å². The van der Waals surface area contributed by atoms with E-state index in [1.54, 1.807) is 24.3 Å². The van der Waals surface area contributed by atoms with Crippen LogP contribution in [0.1, 0.15) is 0 Å². The summed E-state index contributed by atoms with van der Waals surface area (Å²) in [6.45, 7) is 0. The summed E-state index contributed by atoms with van der Waals surface area (Å²) in [6, 6.07) is 5.05. The molecule has 88 valence electrons. The number of carbonyl (C=O) groups is 1. The highest BCUT2D eigenvalue weighted by Crippen LogP contribution is 2.32. The Balaban J connectivity index is 2.84. The summed E-state index contributed by atoms with van der Waals surface area (Å²) >= 11 is 22.3. The lowest BCUT2D eigenvalue weighted by molar-refractivity contribution is -0.137. The minimum Gasteiger partial charge on any atom is -0.480 e. The van der Waals surface area contributed by atoms with E-state index in [1.165, 1.54) is 0 Å². The van der Waals surface area contributed by atoms with E-state index in [2.05, 4.69) is 5.32 Å². The number of benzene rings is 1. The highest BCUT2D eigenvalue weighted by molar-refractivity contribution is 6.69. The van der Waals surface area contributed by atoms with E-state index in [0.29, 0.717) is 10.7 Å². The lowest BCUT2D eigenvalue weighted by Gasteiger charge is -2.22. The predicted molar refractivity (Wildman–Crippen MR) is 66.8 cm³/mol. The topological polar surface area (TPSA) is 49.3 Å². The number of hydrogen-bond acceptors (Lipinski definition) is 2. The molecule has 16 heavy (non-hydrogen) atoms. The van der Waals surface area contributed by atoms with Gasteiger partial charge in [0.05, 0.1) is 0 Å². The number of alkyl halides is 3. The summed E-state index contributed by atoms with van der Waals surface area (Å²) in [5.74, 6) is -1.25. The average Bonchev–Trinajstić information content (AvgIpc) is 2.14. The third-order valence-corrected chi connectivity index (χ3v) is 2.64. The quantitative estimate of drug-likeness (QED) is 0.839. The van der Waals surface area contributed by atoms with Crippen molar-refractivity contribution in [2.75, 3.05) is 5.32 Å². The second kappa shape index (κ2) is 5.32. The molecule has 0 aromatic heterocycles. The van der Waals surface area contributed by atoms with Gasteiger partial charge in [0.25, 0.3) is 0 Å². The fraction of sp³-hybridized carbons (Fsp3) is 0.222. The normalized spacial score (nSPS) is 13.2. The summed E-state index contributed by atoms with van der Waals surface area (Å²) < 4.78 is -1.94. The molecule has 0 aliphatic carbocycles. The van der Waals surface area contributed by atoms with Gasteiger partial charge in [0.15, 0.2) is 6.04 Å². The molecule has 0 spiro atoms. The van der Waals surface area contributed by atoms with Crippen molar-refractivity contribution in [1.29, 1.82) is 0 Å². The van der Waals surface area contributed by atoms with E-state index >= 15 is 0 Å². The lowest BCUT2D eigenvalue weighted by atomic mass is 10.2. The Labute approximate surface area is 112 Å². The Morgan fingerprint density at radius 2 is 1.75 bits per heavy atom. The van der Waals surface area contributed by atoms with Crippen molar-refractivity contribution in [1.82, 2.24) is 0 Å². The molecule has 1 aromatic carbocycles. The number of carboxylic acids is 1. The molecule has 1 aromatic rings. The van der Waals surface area contributed by atoms with Crippen LogP contribution in [0.25, 0.3) is 0 Å². The van der Waals surface area contributed by atoms with Crippen LogP contribution in [0.15, 0.2) is 24.3 Å². The van der Waals surface area contributed by atoms with Gasteiger partial charge >= 0.3 is 5.97 Å². The Morgan fingerprint density at radius 3 is 2.12 bits per heavy atom. The van der Waals surface area contributed by atoms with Crippen molar-refractivity contribution >= 4 is 58.1 Å². The van der Waals surface area contributed by atoms with Gasteiger partial charge in [0.1, 0.15) is 0 Å². The van der Waals surface area contributed by atoms with Gasteiger partial charge in [0, 0.05) is 10.7 Å². The first-order valence-electron chi connectivity index (χ1n) is 4.12. The summed E-state index contributed by atoms with van der Waals surface area (Å²) in [5.41, 5.74) is 0.503. The lowest BCUT2D eigenvalue weighted by Crippen LogP contribution is -2.40. The molecule has 0 saturated heterocycles. The number of rotatable bonds is 3. The number of anilines is 1. The van der Waals surface area contributed by atoms with Gasteiger partial charge < -0.3 is 10.4 Å². The molecule has 1 atom stereocenters. The molecule has 0 fully saturated rings. The van der Waals surface area contributed by atoms with Gasteiger partial charge in [-0.05, 0) is 24.3 Å². The van der Waals surface area contributed by atoms with E-state index < -0.39 is 15.8 Å². The smallest absolute Gasteiger partial charge is 0.330 e. The molecule has 7 heteroatoms. The fourth-order valence-corrected chi connectivity index (χ4v) is 1.57. The van der Waals surface area contributed by atoms with Gasteiger partial charge in [-0.3, -0.25) is 0 Å². The number of halogens is 4. The zero-order valence-corrected chi connectivity index (χ0v) is 10.8. The van der Waals surface area contributed by atoms with Crippen molar-refractivity contribution in [2.24, 2.45) is 0 Å². The number of nitrogens with one attached hydrogen (secondary N) is 1. The minimum absolute atomic E-state index is 0.503. The highest BCUT2D eigenvalue weighted by atomic mass is 35.6. The SMILES string of the molecule is O=C(O)C(Nc1ccc(Cl)cc1)C(Cl)(Cl)Cl. The van der Waals surface area contributed by atoms with Gasteiger partial charge in [-0.1, -0.05) is 46.4 Å². The van der Waals surface area contributed by atoms with Gasteiger partial charge in [-0.15, -0.1) is 0 Å². The molecule has 0 heterocycles. The summed E-state index contributed by atoms with van der Waals surface area (Å²) in [4.78, 5) is 10.9. The van der Waals surface area contributed by atoms with Crippen LogP contribution < -0.4 is 5.32 Å². The molecule has 1 rings (SSSR count). The molecule has 0 bridgehead atoms. The van der Waals surface area contributed by atoms with Crippen LogP contribution in [-0.4, -0.2) is 20.9 Å². The first-order chi connectivity index (χ1) is 7.30. The van der Waals surface area contributed by atoms with Gasteiger partial charge in [-0.25, -0.2) is 4.79 Å². The van der Waals surface area contributed by atoms with Crippen molar-refractivity contribution in [2.45, 2.75) is 9.83 Å². The second-order valence-corrected chi connectivity index (χ2v) is 5.77. The van der Waals surface area contributed by atoms with Crippen LogP contribution in [0, 0.1) is 0 Å². The molecule has 0 amide bonds. The van der Waals surface area contributed by atoms with Crippen LogP contribution in [0.5, 0.6) is 0 Å². The standard InChI is InChI=1S/C9H7Cl4NO2/c10-5-1-3-6(4-2-5)14-7(8(15)16)9(11,12)13/h1-4,7,14H,(H,15,16). The van der Waals surface area contributed by atoms with E-state index in [1.807, 2.05) is 0 Å². The summed E-state index contributed by atoms with van der Waals surface area (Å²) in [6.07, 6.45) is 0. The van der Waals surface area contributed by atoms with E-state index in [4.69, 9.17) is 51.5 Å². The first-order valence-corrected chi connectivity index (χ1v) is 5.63. The molecule has 0 aliphatic rings. The summed E-state index contributed by atoms with van der Waals surface area (Å²) in [5, 5.41) is 12.0. The molecular formula is C9H7Cl4NO2. The highest BCUT2D eigenvalue weighted by Gasteiger charge is 2.38. The van der Waals surface area contributed by atoms with Crippen molar-refractivity contribution < 1.29 is 9.90 Å². The number of aliphatic carboxylic acids is 1. The van der Waals surface area contributed by atoms with Crippen LogP contribution in [0.4, 0.5) is 5.69 Å². The van der Waals surface area contributed by atoms with Crippen molar-refractivity contribution in [3.8, 4) is 0 Å². The first kappa shape index (κ1) is 13.7. The van der Waals surface area contributed by atoms with Crippen molar-refractivity contribution in [3.63, 3.8) is 0 Å². The number of hydrogen-bond donors (Lipinski definition) is 2. The van der Waals surface area contributed by atoms with Crippen LogP contribution >= 0.6 is 46.4 Å². The maximum atomic E-state index is 10.9. The zero-order valence-electron chi connectivity index (χ0n) is 7.75. The van der Waals surface area contributed by atoms with Crippen LogP contribution in [0.3, 0.4) is 0 Å². The van der Waals surface area contributed by atoms with Crippen LogP contribution in [0.2, 0.25) is 5.02 Å². The minimum atomic E-state index is -1.94. The Kier molecular flexibility index (Phi) is 4.56. The Morgan fingerprint density at radius 1 is 1.25 bits per heavy atom. The molecule has 3 nitrogen and oxygen atoms in total. The van der Waals surface area contributed by atoms with E-state index in [-0.39, 0.29) is 0 Å². The summed E-state index contributed by atoms with van der Waals surface area (Å²) in [7, 11) is 0. The Hall–Kier alpha value is -0.350. The number of carboxylic acid groups (broad SMARTS) is 1. The maximum absolute atomic E-state index is 10.9. The van der Waals surface area contributed by atoms with Gasteiger partial charge in [-0.2, -0.15) is 0 Å². The molecule has 0 radical (unpaired) electrons. The Bertz CT molecular complexity index is 374. The largest absolute Gasteiger partial charge is 0.480 e. The molecule has 1 unspecified atom stereocenters. The fourth-order valence-electron chi connectivity index (χ4n) is 0.996. The third kappa shape index (κ3) is 3.91.